The lowest BCUT2D eigenvalue weighted by Crippen LogP contribution is -2.54. The average molecular weight is 275 g/mol. The van der Waals surface area contributed by atoms with Gasteiger partial charge in [-0.3, -0.25) is 15.1 Å². The van der Waals surface area contributed by atoms with Crippen molar-refractivity contribution in [1.82, 2.24) is 4.98 Å². The largest absolute Gasteiger partial charge is 0.478 e. The van der Waals surface area contributed by atoms with E-state index in [0.717, 1.165) is 6.08 Å². The van der Waals surface area contributed by atoms with Crippen molar-refractivity contribution in [3.63, 3.8) is 0 Å². The zero-order chi connectivity index (χ0) is 14.8. The van der Waals surface area contributed by atoms with Gasteiger partial charge in [-0.25, -0.2) is 4.79 Å². The number of nitrogens with zero attached hydrogens (tertiary/aromatic N) is 2. The molecule has 0 saturated carbocycles. The Kier molecular flexibility index (Phi) is 3.62. The van der Waals surface area contributed by atoms with Gasteiger partial charge in [0.15, 0.2) is 0 Å². The van der Waals surface area contributed by atoms with Crippen molar-refractivity contribution in [2.45, 2.75) is 18.0 Å². The molecule has 20 heavy (non-hydrogen) atoms. The summed E-state index contributed by atoms with van der Waals surface area (Å²) in [6, 6.07) is 4.14. The van der Waals surface area contributed by atoms with Crippen LogP contribution in [0.15, 0.2) is 48.2 Å². The Morgan fingerprint density at radius 1 is 1.55 bits per heavy atom. The minimum atomic E-state index is -1.70. The molecule has 0 bridgehead atoms. The van der Waals surface area contributed by atoms with E-state index in [1.54, 1.807) is 18.2 Å². The van der Waals surface area contributed by atoms with Crippen LogP contribution in [0.3, 0.4) is 0 Å². The normalized spacial score (nSPS) is 25.1. The smallest absolute Gasteiger partial charge is 0.335 e. The summed E-state index contributed by atoms with van der Waals surface area (Å²) >= 11 is 0. The first-order valence-corrected chi connectivity index (χ1v) is 5.90. The SMILES string of the molecule is N[C@@H]1C=CC(C(=O)O)=C[C@]1(Cc1ccccn1)[N+](=O)[O-]. The van der Waals surface area contributed by atoms with Crippen LogP contribution in [0.25, 0.3) is 0 Å². The van der Waals surface area contributed by atoms with Gasteiger partial charge in [-0.2, -0.15) is 0 Å². The van der Waals surface area contributed by atoms with E-state index in [2.05, 4.69) is 4.98 Å². The third-order valence-corrected chi connectivity index (χ3v) is 3.24. The summed E-state index contributed by atoms with van der Waals surface area (Å²) in [5, 5.41) is 20.5. The summed E-state index contributed by atoms with van der Waals surface area (Å²) in [5.74, 6) is -1.22. The van der Waals surface area contributed by atoms with E-state index >= 15 is 0 Å². The van der Waals surface area contributed by atoms with Crippen LogP contribution in [0, 0.1) is 10.1 Å². The van der Waals surface area contributed by atoms with E-state index in [0.29, 0.717) is 5.69 Å². The van der Waals surface area contributed by atoms with Crippen molar-refractivity contribution in [2.24, 2.45) is 5.73 Å². The molecule has 1 aliphatic carbocycles. The molecule has 0 aromatic carbocycles. The van der Waals surface area contributed by atoms with Crippen LogP contribution in [0.5, 0.6) is 0 Å². The fourth-order valence-corrected chi connectivity index (χ4v) is 2.12. The number of carboxylic acid groups (broad SMARTS) is 1. The fourth-order valence-electron chi connectivity index (χ4n) is 2.12. The van der Waals surface area contributed by atoms with Crippen molar-refractivity contribution in [3.8, 4) is 0 Å². The molecule has 104 valence electrons. The van der Waals surface area contributed by atoms with E-state index in [1.165, 1.54) is 18.3 Å². The van der Waals surface area contributed by atoms with E-state index in [4.69, 9.17) is 10.8 Å². The maximum atomic E-state index is 11.5. The summed E-state index contributed by atoms with van der Waals surface area (Å²) in [4.78, 5) is 26.0. The van der Waals surface area contributed by atoms with Crippen molar-refractivity contribution in [2.75, 3.05) is 0 Å². The molecule has 0 spiro atoms. The molecule has 7 heteroatoms. The van der Waals surface area contributed by atoms with E-state index in [9.17, 15) is 14.9 Å². The van der Waals surface area contributed by atoms with Gasteiger partial charge in [-0.1, -0.05) is 12.1 Å². The third-order valence-electron chi connectivity index (χ3n) is 3.24. The predicted octanol–water partition coefficient (Wildman–Crippen LogP) is 0.548. The van der Waals surface area contributed by atoms with Crippen molar-refractivity contribution in [1.29, 1.82) is 0 Å². The second kappa shape index (κ2) is 5.22. The Morgan fingerprint density at radius 2 is 2.30 bits per heavy atom. The lowest BCUT2D eigenvalue weighted by atomic mass is 9.81. The number of carbonyl (C=O) groups is 1. The zero-order valence-electron chi connectivity index (χ0n) is 10.5. The Hall–Kier alpha value is -2.54. The molecule has 1 aromatic rings. The Bertz CT molecular complexity index is 597. The number of rotatable bonds is 4. The molecule has 0 unspecified atom stereocenters. The molecule has 7 nitrogen and oxygen atoms in total. The van der Waals surface area contributed by atoms with Crippen LogP contribution in [0.1, 0.15) is 5.69 Å². The number of carboxylic acids is 1. The van der Waals surface area contributed by atoms with Gasteiger partial charge in [0.05, 0.1) is 18.0 Å². The number of pyridine rings is 1. The van der Waals surface area contributed by atoms with Crippen LogP contribution in [-0.2, 0) is 11.2 Å². The summed E-state index contributed by atoms with van der Waals surface area (Å²) in [6.45, 7) is 0. The molecule has 0 radical (unpaired) electrons. The van der Waals surface area contributed by atoms with Gasteiger partial charge >= 0.3 is 5.97 Å². The minimum Gasteiger partial charge on any atom is -0.478 e. The molecule has 2 atom stereocenters. The van der Waals surface area contributed by atoms with Gasteiger partial charge in [0.2, 0.25) is 0 Å². The first-order valence-electron chi connectivity index (χ1n) is 5.90. The quantitative estimate of drug-likeness (QED) is 0.611. The van der Waals surface area contributed by atoms with E-state index < -0.39 is 22.5 Å². The number of hydrogen-bond acceptors (Lipinski definition) is 5. The Morgan fingerprint density at radius 3 is 2.85 bits per heavy atom. The summed E-state index contributed by atoms with van der Waals surface area (Å²) in [6.07, 6.45) is 5.19. The average Bonchev–Trinajstić information content (AvgIpc) is 2.42. The predicted molar refractivity (Wildman–Crippen MR) is 70.5 cm³/mol. The van der Waals surface area contributed by atoms with Crippen LogP contribution >= 0.6 is 0 Å². The number of aromatic nitrogens is 1. The zero-order valence-corrected chi connectivity index (χ0v) is 10.5. The van der Waals surface area contributed by atoms with Crippen LogP contribution in [-0.4, -0.2) is 32.6 Å². The van der Waals surface area contributed by atoms with Gasteiger partial charge in [0, 0.05) is 22.9 Å². The highest BCUT2D eigenvalue weighted by atomic mass is 16.6. The van der Waals surface area contributed by atoms with Gasteiger partial charge in [-0.05, 0) is 18.2 Å². The number of aliphatic carboxylic acids is 1. The maximum Gasteiger partial charge on any atom is 0.335 e. The molecule has 0 fully saturated rings. The molecule has 1 aromatic heterocycles. The molecule has 0 amide bonds. The molecule has 1 aliphatic rings. The summed E-state index contributed by atoms with van der Waals surface area (Å²) in [5.41, 5.74) is 4.48. The Labute approximate surface area is 114 Å². The van der Waals surface area contributed by atoms with E-state index in [1.807, 2.05) is 0 Å². The first-order chi connectivity index (χ1) is 9.45. The monoisotopic (exact) mass is 275 g/mol. The van der Waals surface area contributed by atoms with Crippen LogP contribution < -0.4 is 5.73 Å². The van der Waals surface area contributed by atoms with Gasteiger partial charge in [-0.15, -0.1) is 0 Å². The number of nitro groups is 1. The van der Waals surface area contributed by atoms with Gasteiger partial charge < -0.3 is 10.8 Å². The number of nitrogens with two attached hydrogens (primary N) is 1. The second-order valence-electron chi connectivity index (χ2n) is 4.54. The molecule has 1 heterocycles. The van der Waals surface area contributed by atoms with Crippen molar-refractivity contribution < 1.29 is 14.8 Å². The van der Waals surface area contributed by atoms with Crippen LogP contribution in [0.2, 0.25) is 0 Å². The minimum absolute atomic E-state index is 0.0663. The summed E-state index contributed by atoms with van der Waals surface area (Å²) < 4.78 is 0. The van der Waals surface area contributed by atoms with Crippen molar-refractivity contribution >= 4 is 5.97 Å². The van der Waals surface area contributed by atoms with Gasteiger partial charge in [0.1, 0.15) is 0 Å². The standard InChI is InChI=1S/C13H13N3O4/c14-11-5-4-9(12(17)18)7-13(11,16(19)20)8-10-3-1-2-6-15-10/h1-7,11H,8,14H2,(H,17,18)/t11-,13-/m1/s1. The fraction of sp³-hybridized carbons (Fsp3) is 0.231. The molecule has 2 rings (SSSR count). The van der Waals surface area contributed by atoms with E-state index in [-0.39, 0.29) is 12.0 Å². The second-order valence-corrected chi connectivity index (χ2v) is 4.54. The molecule has 3 N–H and O–H groups in total. The van der Waals surface area contributed by atoms with Gasteiger partial charge in [0.25, 0.3) is 5.54 Å². The van der Waals surface area contributed by atoms with Crippen LogP contribution in [0.4, 0.5) is 0 Å². The third kappa shape index (κ3) is 2.43. The molecular formula is C13H13N3O4. The lowest BCUT2D eigenvalue weighted by molar-refractivity contribution is -0.556. The lowest BCUT2D eigenvalue weighted by Gasteiger charge is -2.28. The molecular weight excluding hydrogens is 262 g/mol. The highest BCUT2D eigenvalue weighted by Crippen LogP contribution is 2.28. The molecule has 0 aliphatic heterocycles. The topological polar surface area (TPSA) is 119 Å². The molecule has 0 saturated heterocycles. The Balaban J connectivity index is 2.46. The maximum absolute atomic E-state index is 11.5. The first kappa shape index (κ1) is 13.9. The summed E-state index contributed by atoms with van der Waals surface area (Å²) in [7, 11) is 0. The highest BCUT2D eigenvalue weighted by molar-refractivity contribution is 5.90. The van der Waals surface area contributed by atoms with Crippen molar-refractivity contribution in [3.05, 3.63) is 64.0 Å². The highest BCUT2D eigenvalue weighted by Gasteiger charge is 2.48. The number of hydrogen-bond donors (Lipinski definition) is 2.